The van der Waals surface area contributed by atoms with Crippen LogP contribution in [0.4, 0.5) is 0 Å². The molecule has 1 atom stereocenters. The van der Waals surface area contributed by atoms with Crippen molar-refractivity contribution in [3.8, 4) is 5.75 Å². The van der Waals surface area contributed by atoms with Crippen molar-refractivity contribution in [3.05, 3.63) is 28.8 Å². The van der Waals surface area contributed by atoms with E-state index >= 15 is 0 Å². The molecule has 3 heteroatoms. The third-order valence-electron chi connectivity index (χ3n) is 3.83. The molecule has 0 spiro atoms. The predicted molar refractivity (Wildman–Crippen MR) is 81.8 cm³/mol. The molecule has 1 aromatic rings. The van der Waals surface area contributed by atoms with Crippen molar-refractivity contribution in [2.45, 2.75) is 40.2 Å². The topological polar surface area (TPSA) is 38.5 Å². The van der Waals surface area contributed by atoms with Crippen LogP contribution >= 0.6 is 0 Å². The molecule has 0 heterocycles. The average molecular weight is 264 g/mol. The first-order chi connectivity index (χ1) is 9.03. The normalized spacial score (nSPS) is 12.8. The summed E-state index contributed by atoms with van der Waals surface area (Å²) in [4.78, 5) is 2.41. The molecule has 108 valence electrons. The first-order valence-electron chi connectivity index (χ1n) is 7.16. The van der Waals surface area contributed by atoms with Crippen LogP contribution in [0.15, 0.2) is 12.1 Å². The van der Waals surface area contributed by atoms with Gasteiger partial charge in [-0.15, -0.1) is 0 Å². The average Bonchev–Trinajstić information content (AvgIpc) is 2.41. The second-order valence-electron chi connectivity index (χ2n) is 5.10. The molecule has 2 N–H and O–H groups in total. The molecule has 0 amide bonds. The molecule has 0 saturated heterocycles. The molecular formula is C16H28N2O. The van der Waals surface area contributed by atoms with E-state index in [2.05, 4.69) is 44.7 Å². The number of rotatable bonds is 7. The van der Waals surface area contributed by atoms with Gasteiger partial charge in [0.2, 0.25) is 0 Å². The van der Waals surface area contributed by atoms with Gasteiger partial charge in [-0.3, -0.25) is 0 Å². The molecule has 0 bridgehead atoms. The number of hydrogen-bond acceptors (Lipinski definition) is 3. The number of aryl methyl sites for hydroxylation is 2. The molecule has 0 aliphatic heterocycles. The van der Waals surface area contributed by atoms with Gasteiger partial charge in [-0.05, 0) is 62.7 Å². The van der Waals surface area contributed by atoms with Gasteiger partial charge < -0.3 is 15.4 Å². The maximum atomic E-state index is 6.35. The highest BCUT2D eigenvalue weighted by atomic mass is 16.5. The second-order valence-corrected chi connectivity index (χ2v) is 5.10. The quantitative estimate of drug-likeness (QED) is 0.822. The van der Waals surface area contributed by atoms with Crippen LogP contribution in [0.2, 0.25) is 0 Å². The molecule has 0 aromatic heterocycles. The largest absolute Gasteiger partial charge is 0.496 e. The van der Waals surface area contributed by atoms with Gasteiger partial charge in [0, 0.05) is 6.04 Å². The number of ether oxygens (including phenoxy) is 1. The summed E-state index contributed by atoms with van der Waals surface area (Å²) in [5.41, 5.74) is 9.96. The fourth-order valence-corrected chi connectivity index (χ4v) is 2.45. The Labute approximate surface area is 117 Å². The maximum Gasteiger partial charge on any atom is 0.122 e. The molecule has 1 unspecified atom stereocenters. The van der Waals surface area contributed by atoms with Crippen molar-refractivity contribution in [3.63, 3.8) is 0 Å². The molecule has 19 heavy (non-hydrogen) atoms. The van der Waals surface area contributed by atoms with Crippen LogP contribution < -0.4 is 10.5 Å². The zero-order chi connectivity index (χ0) is 14.4. The molecule has 1 aromatic carbocycles. The number of hydrogen-bond donors (Lipinski definition) is 1. The minimum absolute atomic E-state index is 0.102. The summed E-state index contributed by atoms with van der Waals surface area (Å²) in [6.07, 6.45) is 0.994. The summed E-state index contributed by atoms with van der Waals surface area (Å²) >= 11 is 0. The second kappa shape index (κ2) is 7.51. The molecule has 0 fully saturated rings. The van der Waals surface area contributed by atoms with E-state index in [0.717, 1.165) is 37.4 Å². The summed E-state index contributed by atoms with van der Waals surface area (Å²) in [5.74, 6) is 0.942. The molecule has 0 aliphatic carbocycles. The SMILES string of the molecule is CCN(CC)CCC(N)c1cc(C)c(OC)cc1C. The van der Waals surface area contributed by atoms with E-state index in [4.69, 9.17) is 10.5 Å². The van der Waals surface area contributed by atoms with Crippen molar-refractivity contribution in [2.24, 2.45) is 5.73 Å². The van der Waals surface area contributed by atoms with E-state index < -0.39 is 0 Å². The lowest BCUT2D eigenvalue weighted by Gasteiger charge is -2.22. The van der Waals surface area contributed by atoms with E-state index in [1.54, 1.807) is 7.11 Å². The van der Waals surface area contributed by atoms with E-state index in [9.17, 15) is 0 Å². The third-order valence-corrected chi connectivity index (χ3v) is 3.83. The van der Waals surface area contributed by atoms with Gasteiger partial charge in [-0.25, -0.2) is 0 Å². The number of nitrogens with two attached hydrogens (primary N) is 1. The Kier molecular flexibility index (Phi) is 6.32. The summed E-state index contributed by atoms with van der Waals surface area (Å²) in [7, 11) is 1.71. The summed E-state index contributed by atoms with van der Waals surface area (Å²) in [6, 6.07) is 4.36. The lowest BCUT2D eigenvalue weighted by Crippen LogP contribution is -2.27. The van der Waals surface area contributed by atoms with Crippen molar-refractivity contribution < 1.29 is 4.74 Å². The molecule has 0 saturated carbocycles. The Balaban J connectivity index is 2.76. The fraction of sp³-hybridized carbons (Fsp3) is 0.625. The zero-order valence-electron chi connectivity index (χ0n) is 13.0. The Morgan fingerprint density at radius 3 is 2.32 bits per heavy atom. The maximum absolute atomic E-state index is 6.35. The standard InChI is InChI=1S/C16H28N2O/c1-6-18(7-2)9-8-15(17)14-10-13(4)16(19-5)11-12(14)3/h10-11,15H,6-9,17H2,1-5H3. The Morgan fingerprint density at radius 1 is 1.16 bits per heavy atom. The van der Waals surface area contributed by atoms with E-state index in [1.807, 2.05) is 0 Å². The van der Waals surface area contributed by atoms with Gasteiger partial charge in [-0.2, -0.15) is 0 Å². The molecule has 0 aliphatic rings. The molecular weight excluding hydrogens is 236 g/mol. The van der Waals surface area contributed by atoms with Gasteiger partial charge in [0.1, 0.15) is 5.75 Å². The number of methoxy groups -OCH3 is 1. The highest BCUT2D eigenvalue weighted by Crippen LogP contribution is 2.27. The monoisotopic (exact) mass is 264 g/mol. The first kappa shape index (κ1) is 16.0. The van der Waals surface area contributed by atoms with Crippen LogP contribution in [0, 0.1) is 13.8 Å². The molecule has 3 nitrogen and oxygen atoms in total. The van der Waals surface area contributed by atoms with Crippen LogP contribution in [0.3, 0.4) is 0 Å². The highest BCUT2D eigenvalue weighted by Gasteiger charge is 2.13. The van der Waals surface area contributed by atoms with Gasteiger partial charge in [0.05, 0.1) is 7.11 Å². The molecule has 0 radical (unpaired) electrons. The van der Waals surface area contributed by atoms with Crippen molar-refractivity contribution in [1.82, 2.24) is 4.90 Å². The van der Waals surface area contributed by atoms with Crippen molar-refractivity contribution >= 4 is 0 Å². The van der Waals surface area contributed by atoms with Crippen molar-refractivity contribution in [1.29, 1.82) is 0 Å². The Hall–Kier alpha value is -1.06. The Morgan fingerprint density at radius 2 is 1.79 bits per heavy atom. The van der Waals surface area contributed by atoms with Gasteiger partial charge in [-0.1, -0.05) is 19.9 Å². The number of nitrogens with zero attached hydrogens (tertiary/aromatic N) is 1. The Bertz CT molecular complexity index is 400. The van der Waals surface area contributed by atoms with Crippen LogP contribution in [0.1, 0.15) is 43.0 Å². The lowest BCUT2D eigenvalue weighted by atomic mass is 9.96. The minimum Gasteiger partial charge on any atom is -0.496 e. The van der Waals surface area contributed by atoms with Crippen molar-refractivity contribution in [2.75, 3.05) is 26.7 Å². The molecule has 1 rings (SSSR count). The van der Waals surface area contributed by atoms with Crippen LogP contribution in [-0.4, -0.2) is 31.6 Å². The predicted octanol–water partition coefficient (Wildman–Crippen LogP) is 3.04. The minimum atomic E-state index is 0.102. The zero-order valence-corrected chi connectivity index (χ0v) is 13.0. The summed E-state index contributed by atoms with van der Waals surface area (Å²) in [5, 5.41) is 0. The van der Waals surface area contributed by atoms with Gasteiger partial charge in [0.25, 0.3) is 0 Å². The van der Waals surface area contributed by atoms with Crippen LogP contribution in [0.5, 0.6) is 5.75 Å². The summed E-state index contributed by atoms with van der Waals surface area (Å²) < 4.78 is 5.34. The fourth-order valence-electron chi connectivity index (χ4n) is 2.45. The van der Waals surface area contributed by atoms with Crippen LogP contribution in [0.25, 0.3) is 0 Å². The van der Waals surface area contributed by atoms with Gasteiger partial charge in [0.15, 0.2) is 0 Å². The smallest absolute Gasteiger partial charge is 0.122 e. The number of benzene rings is 1. The first-order valence-corrected chi connectivity index (χ1v) is 7.16. The third kappa shape index (κ3) is 4.22. The van der Waals surface area contributed by atoms with E-state index in [-0.39, 0.29) is 6.04 Å². The van der Waals surface area contributed by atoms with Gasteiger partial charge >= 0.3 is 0 Å². The summed E-state index contributed by atoms with van der Waals surface area (Å²) in [6.45, 7) is 11.8. The van der Waals surface area contributed by atoms with E-state index in [0.29, 0.717) is 0 Å². The highest BCUT2D eigenvalue weighted by molar-refractivity contribution is 5.42. The lowest BCUT2D eigenvalue weighted by molar-refractivity contribution is 0.290. The van der Waals surface area contributed by atoms with Crippen LogP contribution in [-0.2, 0) is 0 Å². The van der Waals surface area contributed by atoms with E-state index in [1.165, 1.54) is 11.1 Å².